The van der Waals surface area contributed by atoms with Gasteiger partial charge in [0.1, 0.15) is 0 Å². The first-order valence-electron chi connectivity index (χ1n) is 5.58. The van der Waals surface area contributed by atoms with Crippen LogP contribution >= 0.6 is 23.2 Å². The molecule has 1 N–H and O–H groups in total. The number of nitrogens with zero attached hydrogens (tertiary/aromatic N) is 1. The Morgan fingerprint density at radius 1 is 1.15 bits per heavy atom. The summed E-state index contributed by atoms with van der Waals surface area (Å²) in [6.07, 6.45) is 0. The molecule has 104 valence electrons. The van der Waals surface area contributed by atoms with Crippen LogP contribution in [0.2, 0.25) is 10.0 Å². The van der Waals surface area contributed by atoms with Crippen LogP contribution < -0.4 is 5.32 Å². The molecule has 0 aliphatic carbocycles. The molecule has 0 fully saturated rings. The van der Waals surface area contributed by atoms with Crippen molar-refractivity contribution < 1.29 is 9.31 Å². The van der Waals surface area contributed by atoms with Crippen molar-refractivity contribution in [1.82, 2.24) is 0 Å². The second-order valence-corrected chi connectivity index (χ2v) is 4.93. The van der Waals surface area contributed by atoms with Crippen LogP contribution in [-0.4, -0.2) is 4.92 Å². The van der Waals surface area contributed by atoms with Gasteiger partial charge in [0.25, 0.3) is 5.69 Å². The van der Waals surface area contributed by atoms with E-state index in [-0.39, 0.29) is 11.4 Å². The summed E-state index contributed by atoms with van der Waals surface area (Å²) in [7, 11) is 0. The highest BCUT2D eigenvalue weighted by Gasteiger charge is 2.10. The summed E-state index contributed by atoms with van der Waals surface area (Å²) in [6, 6.07) is 8.41. The topological polar surface area (TPSA) is 55.2 Å². The molecule has 20 heavy (non-hydrogen) atoms. The fraction of sp³-hybridized carbons (Fsp3) is 0.0769. The second kappa shape index (κ2) is 6.07. The molecule has 0 aliphatic rings. The molecular weight excluding hydrogens is 306 g/mol. The maximum atomic E-state index is 13.7. The van der Waals surface area contributed by atoms with Crippen molar-refractivity contribution in [3.63, 3.8) is 0 Å². The van der Waals surface area contributed by atoms with Crippen molar-refractivity contribution in [1.29, 1.82) is 0 Å². The van der Waals surface area contributed by atoms with Crippen LogP contribution in [0.5, 0.6) is 0 Å². The fourth-order valence-electron chi connectivity index (χ4n) is 1.67. The van der Waals surface area contributed by atoms with Crippen molar-refractivity contribution in [2.75, 3.05) is 5.32 Å². The Morgan fingerprint density at radius 3 is 2.35 bits per heavy atom. The third-order valence-electron chi connectivity index (χ3n) is 2.57. The molecule has 0 bridgehead atoms. The lowest BCUT2D eigenvalue weighted by Gasteiger charge is -2.08. The molecule has 0 heterocycles. The molecule has 0 saturated heterocycles. The molecule has 0 atom stereocenters. The third kappa shape index (κ3) is 3.59. The van der Waals surface area contributed by atoms with Gasteiger partial charge < -0.3 is 5.32 Å². The van der Waals surface area contributed by atoms with E-state index in [0.717, 1.165) is 11.6 Å². The highest BCUT2D eigenvalue weighted by atomic mass is 35.5. The van der Waals surface area contributed by atoms with E-state index in [0.29, 0.717) is 16.6 Å². The molecule has 0 radical (unpaired) electrons. The van der Waals surface area contributed by atoms with Crippen molar-refractivity contribution in [2.24, 2.45) is 0 Å². The van der Waals surface area contributed by atoms with Crippen LogP contribution in [0, 0.1) is 15.9 Å². The highest BCUT2D eigenvalue weighted by molar-refractivity contribution is 6.34. The van der Waals surface area contributed by atoms with Gasteiger partial charge in [-0.2, -0.15) is 0 Å². The molecule has 2 aromatic rings. The second-order valence-electron chi connectivity index (χ2n) is 4.05. The minimum Gasteiger partial charge on any atom is -0.379 e. The van der Waals surface area contributed by atoms with E-state index in [2.05, 4.69) is 5.32 Å². The quantitative estimate of drug-likeness (QED) is 0.660. The van der Waals surface area contributed by atoms with E-state index in [4.69, 9.17) is 23.2 Å². The molecule has 0 saturated carbocycles. The number of nitro benzene ring substituents is 1. The van der Waals surface area contributed by atoms with Crippen LogP contribution in [0.15, 0.2) is 36.4 Å². The van der Waals surface area contributed by atoms with Gasteiger partial charge in [-0.05, 0) is 29.8 Å². The van der Waals surface area contributed by atoms with Crippen molar-refractivity contribution >= 4 is 34.6 Å². The smallest absolute Gasteiger partial charge is 0.272 e. The maximum Gasteiger partial charge on any atom is 0.272 e. The normalized spacial score (nSPS) is 10.3. The Hall–Kier alpha value is -1.85. The lowest BCUT2D eigenvalue weighted by molar-refractivity contribution is -0.385. The molecular formula is C13H9Cl2FN2O2. The van der Waals surface area contributed by atoms with Crippen LogP contribution in [0.1, 0.15) is 5.56 Å². The van der Waals surface area contributed by atoms with Gasteiger partial charge in [0, 0.05) is 22.7 Å². The summed E-state index contributed by atoms with van der Waals surface area (Å²) in [4.78, 5) is 9.86. The molecule has 4 nitrogen and oxygen atoms in total. The van der Waals surface area contributed by atoms with Gasteiger partial charge in [-0.3, -0.25) is 10.1 Å². The standard InChI is InChI=1S/C13H9Cl2FN2O2/c14-9-3-8(4-10(15)5-9)7-17-13-2-1-11(18(19)20)6-12(13)16/h1-6,17H,7H2. The zero-order valence-electron chi connectivity index (χ0n) is 10.1. The van der Waals surface area contributed by atoms with Gasteiger partial charge in [0.2, 0.25) is 0 Å². The summed E-state index contributed by atoms with van der Waals surface area (Å²) < 4.78 is 13.7. The first-order valence-corrected chi connectivity index (χ1v) is 6.34. The van der Waals surface area contributed by atoms with Gasteiger partial charge in [0.15, 0.2) is 5.82 Å². The van der Waals surface area contributed by atoms with Gasteiger partial charge in [0.05, 0.1) is 16.7 Å². The summed E-state index contributed by atoms with van der Waals surface area (Å²) in [5, 5.41) is 14.3. The number of hydrogen-bond acceptors (Lipinski definition) is 3. The summed E-state index contributed by atoms with van der Waals surface area (Å²) in [5.41, 5.74) is 0.658. The number of rotatable bonds is 4. The average Bonchev–Trinajstić information content (AvgIpc) is 2.36. The van der Waals surface area contributed by atoms with E-state index < -0.39 is 10.7 Å². The van der Waals surface area contributed by atoms with Gasteiger partial charge in [-0.25, -0.2) is 4.39 Å². The number of non-ortho nitro benzene ring substituents is 1. The number of anilines is 1. The third-order valence-corrected chi connectivity index (χ3v) is 3.01. The first kappa shape index (κ1) is 14.6. The molecule has 0 spiro atoms. The predicted molar refractivity (Wildman–Crippen MR) is 76.8 cm³/mol. The van der Waals surface area contributed by atoms with E-state index in [1.165, 1.54) is 12.1 Å². The molecule has 2 aromatic carbocycles. The van der Waals surface area contributed by atoms with Crippen molar-refractivity contribution in [3.8, 4) is 0 Å². The van der Waals surface area contributed by atoms with E-state index in [9.17, 15) is 14.5 Å². The lowest BCUT2D eigenvalue weighted by atomic mass is 10.2. The average molecular weight is 315 g/mol. The zero-order valence-corrected chi connectivity index (χ0v) is 11.6. The molecule has 0 amide bonds. The van der Waals surface area contributed by atoms with E-state index >= 15 is 0 Å². The van der Waals surface area contributed by atoms with Crippen LogP contribution in [0.25, 0.3) is 0 Å². The predicted octanol–water partition coefficient (Wildman–Crippen LogP) is 4.65. The summed E-state index contributed by atoms with van der Waals surface area (Å²) in [6.45, 7) is 0.301. The molecule has 0 aliphatic heterocycles. The molecule has 0 unspecified atom stereocenters. The Labute approximate surface area is 124 Å². The number of nitrogens with one attached hydrogen (secondary N) is 1. The van der Waals surface area contributed by atoms with Crippen LogP contribution in [0.3, 0.4) is 0 Å². The molecule has 0 aromatic heterocycles. The number of hydrogen-bond donors (Lipinski definition) is 1. The monoisotopic (exact) mass is 314 g/mol. The Kier molecular flexibility index (Phi) is 4.42. The summed E-state index contributed by atoms with van der Waals surface area (Å²) in [5.74, 6) is -0.688. The van der Waals surface area contributed by atoms with Crippen molar-refractivity contribution in [2.45, 2.75) is 6.54 Å². The minimum atomic E-state index is -0.688. The summed E-state index contributed by atoms with van der Waals surface area (Å²) >= 11 is 11.7. The first-order chi connectivity index (χ1) is 9.45. The highest BCUT2D eigenvalue weighted by Crippen LogP contribution is 2.23. The van der Waals surface area contributed by atoms with E-state index in [1.807, 2.05) is 0 Å². The minimum absolute atomic E-state index is 0.173. The van der Waals surface area contributed by atoms with Gasteiger partial charge in [-0.15, -0.1) is 0 Å². The lowest BCUT2D eigenvalue weighted by Crippen LogP contribution is -2.02. The SMILES string of the molecule is O=[N+]([O-])c1ccc(NCc2cc(Cl)cc(Cl)c2)c(F)c1. The molecule has 7 heteroatoms. The number of benzene rings is 2. The fourth-order valence-corrected chi connectivity index (χ4v) is 2.24. The maximum absolute atomic E-state index is 13.7. The number of halogens is 3. The number of nitro groups is 1. The van der Waals surface area contributed by atoms with Gasteiger partial charge >= 0.3 is 0 Å². The van der Waals surface area contributed by atoms with Gasteiger partial charge in [-0.1, -0.05) is 23.2 Å². The molecule has 2 rings (SSSR count). The zero-order chi connectivity index (χ0) is 14.7. The van der Waals surface area contributed by atoms with E-state index in [1.54, 1.807) is 18.2 Å². The largest absolute Gasteiger partial charge is 0.379 e. The van der Waals surface area contributed by atoms with Crippen LogP contribution in [-0.2, 0) is 6.54 Å². The Morgan fingerprint density at radius 2 is 1.80 bits per heavy atom. The Bertz CT molecular complexity index is 645. The van der Waals surface area contributed by atoms with Crippen LogP contribution in [0.4, 0.5) is 15.8 Å². The van der Waals surface area contributed by atoms with Crippen molar-refractivity contribution in [3.05, 3.63) is 67.9 Å². The Balaban J connectivity index is 2.12.